The molecule has 0 bridgehead atoms. The van der Waals surface area contributed by atoms with Crippen molar-refractivity contribution in [1.82, 2.24) is 14.5 Å². The molecule has 0 N–H and O–H groups in total. The van der Waals surface area contributed by atoms with Crippen molar-refractivity contribution >= 4 is 0 Å². The van der Waals surface area contributed by atoms with Crippen LogP contribution in [-0.4, -0.2) is 14.5 Å². The highest BCUT2D eigenvalue weighted by Gasteiger charge is 2.05. The third-order valence-corrected chi connectivity index (χ3v) is 2.46. The summed E-state index contributed by atoms with van der Waals surface area (Å²) in [4.78, 5) is 19.6. The molecule has 0 aliphatic carbocycles. The van der Waals surface area contributed by atoms with E-state index in [9.17, 15) is 9.18 Å². The average Bonchev–Trinajstić information content (AvgIpc) is 2.26. The molecule has 0 amide bonds. The number of halogens is 1. The fourth-order valence-corrected chi connectivity index (χ4v) is 1.61. The molecule has 0 radical (unpaired) electrons. The molecule has 0 atom stereocenters. The van der Waals surface area contributed by atoms with Crippen molar-refractivity contribution in [2.45, 2.75) is 20.4 Å². The van der Waals surface area contributed by atoms with Gasteiger partial charge in [0.1, 0.15) is 17.5 Å². The lowest BCUT2D eigenvalue weighted by atomic mass is 10.2. The molecule has 0 saturated heterocycles. The van der Waals surface area contributed by atoms with Gasteiger partial charge in [0.15, 0.2) is 0 Å². The molecule has 0 saturated carbocycles. The number of aryl methyl sites for hydroxylation is 2. The molecule has 5 heteroatoms. The minimum Gasteiger partial charge on any atom is -0.276 e. The van der Waals surface area contributed by atoms with E-state index in [0.717, 1.165) is 5.56 Å². The van der Waals surface area contributed by atoms with E-state index >= 15 is 0 Å². The van der Waals surface area contributed by atoms with Gasteiger partial charge in [-0.3, -0.25) is 4.57 Å². The number of hydrogen-bond donors (Lipinski definition) is 0. The van der Waals surface area contributed by atoms with Gasteiger partial charge in [0.2, 0.25) is 0 Å². The number of hydrogen-bond acceptors (Lipinski definition) is 3. The monoisotopic (exact) mass is 233 g/mol. The summed E-state index contributed by atoms with van der Waals surface area (Å²) in [5.74, 6) is 0.771. The minimum absolute atomic E-state index is 0.294. The van der Waals surface area contributed by atoms with Crippen LogP contribution in [-0.2, 0) is 6.54 Å². The largest absolute Gasteiger partial charge is 0.350 e. The molecule has 0 fully saturated rings. The molecule has 2 aromatic rings. The molecule has 1 heterocycles. The van der Waals surface area contributed by atoms with E-state index in [0.29, 0.717) is 18.2 Å². The van der Waals surface area contributed by atoms with Crippen LogP contribution in [0.25, 0.3) is 0 Å². The molecular formula is C12H12FN3O. The highest BCUT2D eigenvalue weighted by molar-refractivity contribution is 5.16. The van der Waals surface area contributed by atoms with Crippen LogP contribution in [0.1, 0.15) is 17.2 Å². The van der Waals surface area contributed by atoms with Gasteiger partial charge in [0.25, 0.3) is 0 Å². The SMILES string of the molecule is Cc1nc(C)n(Cc2ccc(F)cc2)c(=O)n1. The molecule has 0 spiro atoms. The summed E-state index contributed by atoms with van der Waals surface area (Å²) >= 11 is 0. The van der Waals surface area contributed by atoms with Gasteiger partial charge in [-0.1, -0.05) is 12.1 Å². The van der Waals surface area contributed by atoms with Gasteiger partial charge in [0.05, 0.1) is 6.54 Å². The van der Waals surface area contributed by atoms with Crippen molar-refractivity contribution in [3.8, 4) is 0 Å². The van der Waals surface area contributed by atoms with Crippen molar-refractivity contribution in [3.05, 3.63) is 57.8 Å². The zero-order valence-corrected chi connectivity index (χ0v) is 9.64. The van der Waals surface area contributed by atoms with Gasteiger partial charge in [-0.2, -0.15) is 4.98 Å². The highest BCUT2D eigenvalue weighted by atomic mass is 19.1. The summed E-state index contributed by atoms with van der Waals surface area (Å²) in [5, 5.41) is 0. The Kier molecular flexibility index (Phi) is 2.99. The van der Waals surface area contributed by atoms with E-state index < -0.39 is 0 Å². The normalized spacial score (nSPS) is 10.5. The van der Waals surface area contributed by atoms with Gasteiger partial charge in [-0.05, 0) is 31.5 Å². The standard InChI is InChI=1S/C12H12FN3O/c1-8-14-9(2)16(12(17)15-8)7-10-3-5-11(13)6-4-10/h3-6H,7H2,1-2H3. The Labute approximate surface area is 97.8 Å². The summed E-state index contributed by atoms with van der Waals surface area (Å²) in [6.07, 6.45) is 0. The van der Waals surface area contributed by atoms with Crippen molar-refractivity contribution in [2.24, 2.45) is 0 Å². The molecule has 2 rings (SSSR count). The van der Waals surface area contributed by atoms with Crippen LogP contribution >= 0.6 is 0 Å². The molecule has 0 aliphatic heterocycles. The topological polar surface area (TPSA) is 47.8 Å². The average molecular weight is 233 g/mol. The quantitative estimate of drug-likeness (QED) is 0.788. The summed E-state index contributed by atoms with van der Waals surface area (Å²) in [6.45, 7) is 3.78. The number of rotatable bonds is 2. The van der Waals surface area contributed by atoms with Crippen LogP contribution in [0.4, 0.5) is 4.39 Å². The first kappa shape index (κ1) is 11.4. The summed E-state index contributed by atoms with van der Waals surface area (Å²) in [6, 6.07) is 6.01. The van der Waals surface area contributed by atoms with Crippen LogP contribution in [0.3, 0.4) is 0 Å². The van der Waals surface area contributed by atoms with Crippen LogP contribution in [0.15, 0.2) is 29.1 Å². The second kappa shape index (κ2) is 4.45. The fourth-order valence-electron chi connectivity index (χ4n) is 1.61. The Morgan fingerprint density at radius 1 is 1.18 bits per heavy atom. The zero-order valence-electron chi connectivity index (χ0n) is 9.64. The molecule has 1 aromatic carbocycles. The Balaban J connectivity index is 2.36. The molecule has 17 heavy (non-hydrogen) atoms. The number of benzene rings is 1. The van der Waals surface area contributed by atoms with Crippen molar-refractivity contribution in [3.63, 3.8) is 0 Å². The maximum atomic E-state index is 12.7. The molecule has 0 unspecified atom stereocenters. The maximum Gasteiger partial charge on any atom is 0.350 e. The van der Waals surface area contributed by atoms with Gasteiger partial charge in [0, 0.05) is 0 Å². The second-order valence-electron chi connectivity index (χ2n) is 3.81. The first-order valence-corrected chi connectivity index (χ1v) is 5.23. The Bertz CT molecular complexity index is 590. The second-order valence-corrected chi connectivity index (χ2v) is 3.81. The van der Waals surface area contributed by atoms with Crippen molar-refractivity contribution in [2.75, 3.05) is 0 Å². The van der Waals surface area contributed by atoms with Crippen molar-refractivity contribution < 1.29 is 4.39 Å². The first-order valence-electron chi connectivity index (χ1n) is 5.23. The molecule has 88 valence electrons. The summed E-state index contributed by atoms with van der Waals surface area (Å²) in [7, 11) is 0. The Morgan fingerprint density at radius 3 is 2.41 bits per heavy atom. The summed E-state index contributed by atoms with van der Waals surface area (Å²) < 4.78 is 14.2. The molecule has 1 aromatic heterocycles. The lowest BCUT2D eigenvalue weighted by Gasteiger charge is -2.08. The van der Waals surface area contributed by atoms with Crippen LogP contribution in [0.5, 0.6) is 0 Å². The summed E-state index contributed by atoms with van der Waals surface area (Å²) in [5.41, 5.74) is 0.503. The van der Waals surface area contributed by atoms with Gasteiger partial charge >= 0.3 is 5.69 Å². The van der Waals surface area contributed by atoms with E-state index in [-0.39, 0.29) is 11.5 Å². The smallest absolute Gasteiger partial charge is 0.276 e. The minimum atomic E-state index is -0.334. The van der Waals surface area contributed by atoms with E-state index in [4.69, 9.17) is 0 Å². The van der Waals surface area contributed by atoms with Crippen LogP contribution < -0.4 is 5.69 Å². The first-order chi connectivity index (χ1) is 8.06. The molecular weight excluding hydrogens is 221 g/mol. The van der Waals surface area contributed by atoms with Crippen LogP contribution in [0, 0.1) is 19.7 Å². The number of aromatic nitrogens is 3. The number of nitrogens with zero attached hydrogens (tertiary/aromatic N) is 3. The lowest BCUT2D eigenvalue weighted by Crippen LogP contribution is -2.27. The van der Waals surface area contributed by atoms with E-state index in [2.05, 4.69) is 9.97 Å². The van der Waals surface area contributed by atoms with E-state index in [1.54, 1.807) is 26.0 Å². The fraction of sp³-hybridized carbons (Fsp3) is 0.250. The maximum absolute atomic E-state index is 12.7. The molecule has 0 aliphatic rings. The Hall–Kier alpha value is -2.04. The lowest BCUT2D eigenvalue weighted by molar-refractivity contribution is 0.623. The van der Waals surface area contributed by atoms with Crippen LogP contribution in [0.2, 0.25) is 0 Å². The zero-order chi connectivity index (χ0) is 12.4. The van der Waals surface area contributed by atoms with E-state index in [1.807, 2.05) is 0 Å². The predicted octanol–water partition coefficient (Wildman–Crippen LogP) is 1.44. The van der Waals surface area contributed by atoms with Gasteiger partial charge < -0.3 is 0 Å². The third-order valence-electron chi connectivity index (χ3n) is 2.46. The highest BCUT2D eigenvalue weighted by Crippen LogP contribution is 2.04. The van der Waals surface area contributed by atoms with Gasteiger partial charge in [-0.15, -0.1) is 0 Å². The third kappa shape index (κ3) is 2.55. The molecule has 4 nitrogen and oxygen atoms in total. The van der Waals surface area contributed by atoms with E-state index in [1.165, 1.54) is 16.7 Å². The Morgan fingerprint density at radius 2 is 1.82 bits per heavy atom. The van der Waals surface area contributed by atoms with Crippen molar-refractivity contribution in [1.29, 1.82) is 0 Å². The predicted molar refractivity (Wildman–Crippen MR) is 61.3 cm³/mol. The van der Waals surface area contributed by atoms with Gasteiger partial charge in [-0.25, -0.2) is 14.2 Å².